The molecule has 2 bridgehead atoms. The molecule has 2 heterocycles. The van der Waals surface area contributed by atoms with Gasteiger partial charge in [0.05, 0.1) is 11.5 Å². The maximum Gasteiger partial charge on any atom is 0.244 e. The van der Waals surface area contributed by atoms with E-state index in [0.717, 1.165) is 6.42 Å². The van der Waals surface area contributed by atoms with Crippen LogP contribution < -0.4 is 0 Å². The molecule has 0 spiro atoms. The van der Waals surface area contributed by atoms with Gasteiger partial charge in [-0.3, -0.25) is 4.79 Å². The first-order valence-electron chi connectivity index (χ1n) is 9.19. The van der Waals surface area contributed by atoms with Gasteiger partial charge in [0.25, 0.3) is 0 Å². The molecule has 0 saturated carbocycles. The van der Waals surface area contributed by atoms with E-state index in [1.165, 1.54) is 22.5 Å². The van der Waals surface area contributed by atoms with Crippen LogP contribution in [-0.4, -0.2) is 62.4 Å². The molecule has 154 valence electrons. The molecule has 1 amide bonds. The highest BCUT2D eigenvalue weighted by molar-refractivity contribution is 7.89. The van der Waals surface area contributed by atoms with E-state index in [2.05, 4.69) is 6.58 Å². The van der Waals surface area contributed by atoms with E-state index < -0.39 is 16.1 Å². The number of ether oxygens (including phenoxy) is 1. The lowest BCUT2D eigenvalue weighted by molar-refractivity contribution is -0.135. The number of amides is 1. The number of carbonyl (C=O) groups is 1. The average Bonchev–Trinajstić information content (AvgIpc) is 2.72. The number of halogens is 2. The number of hydrogen-bond donors (Lipinski definition) is 0. The third-order valence-corrected chi connectivity index (χ3v) is 7.76. The van der Waals surface area contributed by atoms with Crippen molar-refractivity contribution >= 4 is 39.1 Å². The fraction of sp³-hybridized carbons (Fsp3) is 0.526. The number of sulfonamides is 1. The second kappa shape index (κ2) is 8.71. The molecule has 1 aromatic rings. The van der Waals surface area contributed by atoms with Crippen LogP contribution in [0.25, 0.3) is 0 Å². The summed E-state index contributed by atoms with van der Waals surface area (Å²) in [4.78, 5) is 14.9. The third kappa shape index (κ3) is 4.09. The van der Waals surface area contributed by atoms with Gasteiger partial charge in [0.15, 0.2) is 0 Å². The number of rotatable bonds is 6. The molecule has 9 heteroatoms. The van der Waals surface area contributed by atoms with Gasteiger partial charge >= 0.3 is 0 Å². The quantitative estimate of drug-likeness (QED) is 0.629. The number of fused-ring (bicyclic) bond motifs is 2. The van der Waals surface area contributed by atoms with Gasteiger partial charge in [-0.25, -0.2) is 8.42 Å². The summed E-state index contributed by atoms with van der Waals surface area (Å²) in [5, 5.41) is 0.471. The summed E-state index contributed by atoms with van der Waals surface area (Å²) in [5.41, 5.74) is 0. The van der Waals surface area contributed by atoms with E-state index in [9.17, 15) is 13.2 Å². The van der Waals surface area contributed by atoms with Gasteiger partial charge in [0.1, 0.15) is 6.04 Å². The molecule has 0 unspecified atom stereocenters. The minimum absolute atomic E-state index is 0.00264. The Balaban J connectivity index is 2.07. The molecule has 6 nitrogen and oxygen atoms in total. The summed E-state index contributed by atoms with van der Waals surface area (Å²) < 4.78 is 33.6. The van der Waals surface area contributed by atoms with Gasteiger partial charge in [-0.15, -0.1) is 6.58 Å². The Kier molecular flexibility index (Phi) is 6.72. The van der Waals surface area contributed by atoms with Crippen LogP contribution in [0.4, 0.5) is 0 Å². The van der Waals surface area contributed by atoms with Crippen molar-refractivity contribution in [3.05, 3.63) is 40.9 Å². The van der Waals surface area contributed by atoms with E-state index in [-0.39, 0.29) is 32.8 Å². The van der Waals surface area contributed by atoms with Crippen molar-refractivity contribution in [2.24, 2.45) is 5.92 Å². The lowest BCUT2D eigenvalue weighted by atomic mass is 9.90. The topological polar surface area (TPSA) is 66.9 Å². The summed E-state index contributed by atoms with van der Waals surface area (Å²) >= 11 is 12.1. The average molecular weight is 447 g/mol. The Morgan fingerprint density at radius 1 is 1.25 bits per heavy atom. The monoisotopic (exact) mass is 446 g/mol. The molecule has 2 aliphatic heterocycles. The van der Waals surface area contributed by atoms with E-state index >= 15 is 0 Å². The Bertz CT molecular complexity index is 841. The van der Waals surface area contributed by atoms with Crippen LogP contribution in [0.3, 0.4) is 0 Å². The predicted molar refractivity (Wildman–Crippen MR) is 109 cm³/mol. The van der Waals surface area contributed by atoms with Gasteiger partial charge in [0.2, 0.25) is 15.9 Å². The van der Waals surface area contributed by atoms with Crippen molar-refractivity contribution in [1.82, 2.24) is 9.21 Å². The molecule has 3 atom stereocenters. The van der Waals surface area contributed by atoms with Crippen LogP contribution in [0.2, 0.25) is 10.0 Å². The molecule has 2 fully saturated rings. The molecule has 0 aliphatic carbocycles. The summed E-state index contributed by atoms with van der Waals surface area (Å²) in [5.74, 6) is -0.363. The highest BCUT2D eigenvalue weighted by Gasteiger charge is 2.49. The number of hydrogen-bond acceptors (Lipinski definition) is 4. The van der Waals surface area contributed by atoms with Crippen molar-refractivity contribution in [2.45, 2.75) is 36.2 Å². The van der Waals surface area contributed by atoms with Gasteiger partial charge in [-0.05, 0) is 37.5 Å². The molecule has 28 heavy (non-hydrogen) atoms. The Morgan fingerprint density at radius 2 is 1.93 bits per heavy atom. The van der Waals surface area contributed by atoms with Gasteiger partial charge in [-0.1, -0.05) is 29.3 Å². The maximum absolute atomic E-state index is 13.6. The summed E-state index contributed by atoms with van der Waals surface area (Å²) in [6, 6.07) is 3.15. The number of nitrogens with zero attached hydrogens (tertiary/aromatic N) is 2. The first-order valence-corrected chi connectivity index (χ1v) is 11.4. The molecule has 1 aromatic carbocycles. The van der Waals surface area contributed by atoms with Gasteiger partial charge in [-0.2, -0.15) is 4.31 Å². The normalized spacial score (nSPS) is 26.2. The maximum atomic E-state index is 13.6. The molecule has 0 N–H and O–H groups in total. The molecule has 2 saturated heterocycles. The molecular formula is C19H24Cl2N2O4S. The fourth-order valence-corrected chi connectivity index (χ4v) is 6.70. The summed E-state index contributed by atoms with van der Waals surface area (Å²) in [6.07, 6.45) is 3.69. The summed E-state index contributed by atoms with van der Waals surface area (Å²) in [6.45, 7) is 5.13. The Morgan fingerprint density at radius 3 is 2.54 bits per heavy atom. The van der Waals surface area contributed by atoms with Crippen LogP contribution in [0, 0.1) is 5.92 Å². The predicted octanol–water partition coefficient (Wildman–Crippen LogP) is 3.20. The van der Waals surface area contributed by atoms with Crippen LogP contribution in [0.5, 0.6) is 0 Å². The van der Waals surface area contributed by atoms with Crippen molar-refractivity contribution in [3.8, 4) is 0 Å². The van der Waals surface area contributed by atoms with Gasteiger partial charge < -0.3 is 9.64 Å². The van der Waals surface area contributed by atoms with Crippen LogP contribution >= 0.6 is 23.2 Å². The van der Waals surface area contributed by atoms with Crippen molar-refractivity contribution in [2.75, 3.05) is 26.8 Å². The highest BCUT2D eigenvalue weighted by atomic mass is 35.5. The van der Waals surface area contributed by atoms with Gasteiger partial charge in [0, 0.05) is 42.2 Å². The molecule has 2 aliphatic rings. The minimum Gasteiger partial charge on any atom is -0.383 e. The first-order chi connectivity index (χ1) is 13.3. The van der Waals surface area contributed by atoms with Crippen molar-refractivity contribution in [3.63, 3.8) is 0 Å². The van der Waals surface area contributed by atoms with Crippen LogP contribution in [0.15, 0.2) is 35.7 Å². The second-order valence-corrected chi connectivity index (χ2v) is 9.85. The molecule has 0 aromatic heterocycles. The van der Waals surface area contributed by atoms with Crippen LogP contribution in [-0.2, 0) is 19.6 Å². The minimum atomic E-state index is -3.97. The zero-order valence-corrected chi connectivity index (χ0v) is 18.0. The number of piperidine rings is 1. The number of benzene rings is 1. The fourth-order valence-electron chi connectivity index (χ4n) is 4.10. The Hall–Kier alpha value is -1.12. The lowest BCUT2D eigenvalue weighted by Gasteiger charge is -2.40. The van der Waals surface area contributed by atoms with Crippen molar-refractivity contribution in [1.29, 1.82) is 0 Å². The molecular weight excluding hydrogens is 423 g/mol. The largest absolute Gasteiger partial charge is 0.383 e. The lowest BCUT2D eigenvalue weighted by Crippen LogP contribution is -2.54. The van der Waals surface area contributed by atoms with Crippen LogP contribution in [0.1, 0.15) is 19.3 Å². The molecule has 3 rings (SSSR count). The standard InChI is InChI=1S/C19H24Cl2N2O4S/c1-3-13-12-22(7-8-27-2)19(24)18-6-4-5-17(13)23(18)28(25,26)16-10-14(20)9-15(21)11-16/h3,9-11,13,17-18H,1,4-8,12H2,2H3/t13-,17+,18-/m0/s1. The first kappa shape index (κ1) is 21.6. The number of carbonyl (C=O) groups excluding carboxylic acids is 1. The molecule has 0 radical (unpaired) electrons. The van der Waals surface area contributed by atoms with E-state index in [1.54, 1.807) is 18.1 Å². The SMILES string of the molecule is C=C[C@H]1CN(CCOC)C(=O)[C@@H]2CCC[C@H]1N2S(=O)(=O)c1cc(Cl)cc(Cl)c1. The third-order valence-electron chi connectivity index (χ3n) is 5.41. The Labute approximate surface area is 176 Å². The zero-order valence-electron chi connectivity index (χ0n) is 15.7. The highest BCUT2D eigenvalue weighted by Crippen LogP contribution is 2.38. The smallest absolute Gasteiger partial charge is 0.244 e. The zero-order chi connectivity index (χ0) is 20.5. The van der Waals surface area contributed by atoms with Crippen molar-refractivity contribution < 1.29 is 17.9 Å². The second-order valence-electron chi connectivity index (χ2n) is 7.13. The van der Waals surface area contributed by atoms with E-state index in [1.807, 2.05) is 0 Å². The summed E-state index contributed by atoms with van der Waals surface area (Å²) in [7, 11) is -2.40. The van der Waals surface area contributed by atoms with E-state index in [4.69, 9.17) is 27.9 Å². The number of methoxy groups -OCH3 is 1. The van der Waals surface area contributed by atoms with E-state index in [0.29, 0.717) is 32.5 Å².